The fraction of sp³-hybridized carbons (Fsp3) is 0.727. The van der Waals surface area contributed by atoms with Gasteiger partial charge >= 0.3 is 7.60 Å². The Hall–Kier alpha value is -0.663. The molecule has 1 aromatic rings. The van der Waals surface area contributed by atoms with Crippen molar-refractivity contribution in [2.45, 2.75) is 108 Å². The summed E-state index contributed by atoms with van der Waals surface area (Å²) < 4.78 is 43.9. The summed E-state index contributed by atoms with van der Waals surface area (Å²) in [7, 11) is -11.5. The summed E-state index contributed by atoms with van der Waals surface area (Å²) >= 11 is 0. The lowest BCUT2D eigenvalue weighted by Gasteiger charge is -2.43. The molecule has 0 aromatic heterocycles. The average molecular weight is 493 g/mol. The summed E-state index contributed by atoms with van der Waals surface area (Å²) in [5, 5.41) is 0. The fourth-order valence-corrected chi connectivity index (χ4v) is 14.8. The van der Waals surface area contributed by atoms with E-state index in [0.717, 1.165) is 0 Å². The first kappa shape index (κ1) is 28.4. The van der Waals surface area contributed by atoms with Crippen molar-refractivity contribution in [3.8, 4) is 5.75 Å². The van der Waals surface area contributed by atoms with E-state index in [-0.39, 0.29) is 17.7 Å². The third-order valence-electron chi connectivity index (χ3n) is 6.87. The number of sulfone groups is 1. The Morgan fingerprint density at radius 1 is 0.935 bits per heavy atom. The zero-order valence-corrected chi connectivity index (χ0v) is 23.4. The maximum atomic E-state index is 13.5. The quantitative estimate of drug-likeness (QED) is 0.292. The standard InChI is InChI=1S/C22H41O6PSSi/c1-11-22(12-2,29(23,24)25)30(26,27)20-13-18(9)21(19(10)14-20)28-31(15(3)4,16(5)6)17(7)8/h13-17H,11-12H2,1-10H3,(H2,23,24,25). The van der Waals surface area contributed by atoms with Gasteiger partial charge in [-0.3, -0.25) is 4.57 Å². The zero-order valence-electron chi connectivity index (χ0n) is 20.7. The second-order valence-electron chi connectivity index (χ2n) is 9.51. The highest BCUT2D eigenvalue weighted by Gasteiger charge is 2.55. The van der Waals surface area contributed by atoms with Gasteiger partial charge < -0.3 is 14.2 Å². The average Bonchev–Trinajstić information content (AvgIpc) is 2.60. The molecule has 6 nitrogen and oxygen atoms in total. The van der Waals surface area contributed by atoms with Crippen LogP contribution in [0.15, 0.2) is 17.0 Å². The molecular weight excluding hydrogens is 451 g/mol. The van der Waals surface area contributed by atoms with Crippen molar-refractivity contribution in [1.29, 1.82) is 0 Å². The van der Waals surface area contributed by atoms with Gasteiger partial charge in [-0.05, 0) is 66.6 Å². The van der Waals surface area contributed by atoms with Crippen LogP contribution in [0.3, 0.4) is 0 Å². The number of rotatable bonds is 10. The Bertz CT molecular complexity index is 885. The van der Waals surface area contributed by atoms with Gasteiger partial charge in [0, 0.05) is 0 Å². The van der Waals surface area contributed by atoms with Gasteiger partial charge in [0.05, 0.1) is 4.90 Å². The summed E-state index contributed by atoms with van der Waals surface area (Å²) in [4.78, 5) is 19.9. The van der Waals surface area contributed by atoms with Crippen LogP contribution in [0.4, 0.5) is 0 Å². The Morgan fingerprint density at radius 3 is 1.55 bits per heavy atom. The summed E-state index contributed by atoms with van der Waals surface area (Å²) in [6.07, 6.45) is -0.340. The molecule has 0 radical (unpaired) electrons. The van der Waals surface area contributed by atoms with Gasteiger partial charge in [0.15, 0.2) is 14.3 Å². The molecular formula is C22H41O6PSSi. The Labute approximate surface area is 190 Å². The van der Waals surface area contributed by atoms with E-state index in [0.29, 0.717) is 33.5 Å². The summed E-state index contributed by atoms with van der Waals surface area (Å²) in [6, 6.07) is 3.01. The topological polar surface area (TPSA) is 101 Å². The molecule has 0 saturated heterocycles. The van der Waals surface area contributed by atoms with Crippen LogP contribution in [-0.2, 0) is 14.4 Å². The number of benzene rings is 1. The van der Waals surface area contributed by atoms with Gasteiger partial charge in [0.1, 0.15) is 5.75 Å². The highest BCUT2D eigenvalue weighted by molar-refractivity contribution is 7.99. The highest BCUT2D eigenvalue weighted by atomic mass is 32.2. The van der Waals surface area contributed by atoms with Gasteiger partial charge in [-0.25, -0.2) is 8.42 Å². The van der Waals surface area contributed by atoms with Gasteiger partial charge in [-0.15, -0.1) is 0 Å². The second-order valence-corrected chi connectivity index (χ2v) is 19.4. The van der Waals surface area contributed by atoms with Crippen LogP contribution in [0, 0.1) is 13.8 Å². The lowest BCUT2D eigenvalue weighted by atomic mass is 10.1. The van der Waals surface area contributed by atoms with Crippen molar-refractivity contribution in [3.05, 3.63) is 23.3 Å². The molecule has 0 aliphatic carbocycles. The van der Waals surface area contributed by atoms with Gasteiger partial charge in [0.2, 0.25) is 0 Å². The van der Waals surface area contributed by atoms with E-state index >= 15 is 0 Å². The molecule has 31 heavy (non-hydrogen) atoms. The maximum absolute atomic E-state index is 13.5. The molecule has 0 saturated carbocycles. The predicted octanol–water partition coefficient (Wildman–Crippen LogP) is 6.33. The first-order valence-electron chi connectivity index (χ1n) is 11.1. The summed E-state index contributed by atoms with van der Waals surface area (Å²) in [6.45, 7) is 19.7. The van der Waals surface area contributed by atoms with Crippen molar-refractivity contribution >= 4 is 25.8 Å². The Balaban J connectivity index is 3.72. The molecule has 0 aliphatic heterocycles. The van der Waals surface area contributed by atoms with Gasteiger partial charge in [-0.2, -0.15) is 0 Å². The molecule has 0 atom stereocenters. The van der Waals surface area contributed by atoms with E-state index in [9.17, 15) is 22.8 Å². The van der Waals surface area contributed by atoms with Crippen molar-refractivity contribution in [2.24, 2.45) is 0 Å². The van der Waals surface area contributed by atoms with Gasteiger partial charge in [-0.1, -0.05) is 55.4 Å². The lowest BCUT2D eigenvalue weighted by Crippen LogP contribution is -2.51. The number of hydrogen-bond donors (Lipinski definition) is 2. The first-order chi connectivity index (χ1) is 14.0. The van der Waals surface area contributed by atoms with E-state index in [2.05, 4.69) is 41.5 Å². The molecule has 0 bridgehead atoms. The minimum atomic E-state index is -4.92. The molecule has 0 aliphatic rings. The number of aryl methyl sites for hydroxylation is 2. The van der Waals surface area contributed by atoms with Crippen molar-refractivity contribution < 1.29 is 27.2 Å². The monoisotopic (exact) mass is 492 g/mol. The Kier molecular flexibility index (Phi) is 8.86. The fourth-order valence-electron chi connectivity index (χ4n) is 5.17. The van der Waals surface area contributed by atoms with E-state index in [1.807, 2.05) is 0 Å². The Morgan fingerprint density at radius 2 is 1.29 bits per heavy atom. The molecule has 1 rings (SSSR count). The van der Waals surface area contributed by atoms with E-state index in [4.69, 9.17) is 4.43 Å². The minimum Gasteiger partial charge on any atom is -0.542 e. The maximum Gasteiger partial charge on any atom is 0.347 e. The molecule has 0 spiro atoms. The smallest absolute Gasteiger partial charge is 0.347 e. The number of hydrogen-bond acceptors (Lipinski definition) is 4. The zero-order chi connectivity index (χ0) is 24.6. The predicted molar refractivity (Wildman–Crippen MR) is 130 cm³/mol. The van der Waals surface area contributed by atoms with Crippen LogP contribution in [-0.4, -0.2) is 31.0 Å². The molecule has 0 fully saturated rings. The lowest BCUT2D eigenvalue weighted by molar-refractivity contribution is 0.341. The van der Waals surface area contributed by atoms with E-state index < -0.39 is 30.2 Å². The molecule has 0 heterocycles. The first-order valence-corrected chi connectivity index (χ1v) is 16.3. The minimum absolute atomic E-state index is 0.0622. The molecule has 180 valence electrons. The highest BCUT2D eigenvalue weighted by Crippen LogP contribution is 2.59. The van der Waals surface area contributed by atoms with Gasteiger partial charge in [0.25, 0.3) is 8.32 Å². The SMILES string of the molecule is CCC(CC)(P(=O)(O)O)S(=O)(=O)c1cc(C)c(O[Si](C(C)C)(C(C)C)C(C)C)c(C)c1. The van der Waals surface area contributed by atoms with Crippen LogP contribution >= 0.6 is 7.60 Å². The van der Waals surface area contributed by atoms with Crippen molar-refractivity contribution in [2.75, 3.05) is 0 Å². The molecule has 0 amide bonds. The third kappa shape index (κ3) is 4.69. The summed E-state index contributed by atoms with van der Waals surface area (Å²) in [5.74, 6) is 0.691. The van der Waals surface area contributed by atoms with Crippen LogP contribution in [0.5, 0.6) is 5.75 Å². The van der Waals surface area contributed by atoms with Crippen LogP contribution in [0.2, 0.25) is 16.6 Å². The molecule has 2 N–H and O–H groups in total. The van der Waals surface area contributed by atoms with Crippen molar-refractivity contribution in [3.63, 3.8) is 0 Å². The van der Waals surface area contributed by atoms with Crippen LogP contribution < -0.4 is 4.43 Å². The molecule has 9 heteroatoms. The normalized spacial score (nSPS) is 14.0. The third-order valence-corrected chi connectivity index (χ3v) is 18.4. The van der Waals surface area contributed by atoms with Crippen molar-refractivity contribution in [1.82, 2.24) is 0 Å². The second kappa shape index (κ2) is 9.68. The van der Waals surface area contributed by atoms with Crippen LogP contribution in [0.25, 0.3) is 0 Å². The molecule has 1 aromatic carbocycles. The largest absolute Gasteiger partial charge is 0.542 e. The molecule has 0 unspecified atom stereocenters. The van der Waals surface area contributed by atoms with E-state index in [1.54, 1.807) is 13.8 Å². The van der Waals surface area contributed by atoms with Crippen LogP contribution in [0.1, 0.15) is 79.4 Å². The van der Waals surface area contributed by atoms with E-state index in [1.165, 1.54) is 26.0 Å². The summed E-state index contributed by atoms with van der Waals surface area (Å²) in [5.41, 5.74) is 2.42.